The Balaban J connectivity index is 2.30. The van der Waals surface area contributed by atoms with Crippen LogP contribution in [0.4, 0.5) is 5.69 Å². The van der Waals surface area contributed by atoms with E-state index in [0.29, 0.717) is 12.1 Å². The van der Waals surface area contributed by atoms with E-state index in [9.17, 15) is 14.9 Å². The van der Waals surface area contributed by atoms with E-state index < -0.39 is 4.92 Å². The van der Waals surface area contributed by atoms with Gasteiger partial charge in [0.1, 0.15) is 0 Å². The molecule has 2 aromatic rings. The Morgan fingerprint density at radius 3 is 2.71 bits per heavy atom. The van der Waals surface area contributed by atoms with Crippen molar-refractivity contribution in [2.24, 2.45) is 0 Å². The van der Waals surface area contributed by atoms with Gasteiger partial charge in [0.2, 0.25) is 0 Å². The number of nitrogens with zero attached hydrogens (tertiary/aromatic N) is 3. The molecule has 21 heavy (non-hydrogen) atoms. The van der Waals surface area contributed by atoms with E-state index in [1.807, 2.05) is 0 Å². The third-order valence-electron chi connectivity index (χ3n) is 2.56. The summed E-state index contributed by atoms with van der Waals surface area (Å²) >= 11 is 0. The summed E-state index contributed by atoms with van der Waals surface area (Å²) in [7, 11) is 1.36. The van der Waals surface area contributed by atoms with Crippen LogP contribution in [0.25, 0.3) is 0 Å². The molecule has 0 saturated heterocycles. The van der Waals surface area contributed by atoms with Gasteiger partial charge in [-0.1, -0.05) is 5.16 Å². The number of aldehydes is 1. The third-order valence-corrected chi connectivity index (χ3v) is 2.56. The maximum Gasteiger partial charge on any atom is 0.283 e. The Hall–Kier alpha value is -2.97. The van der Waals surface area contributed by atoms with E-state index in [1.54, 1.807) is 6.92 Å². The van der Waals surface area contributed by atoms with Crippen LogP contribution in [0.3, 0.4) is 0 Å². The SMILES string of the molecule is COc1cc(C=O)c([N+](=O)[O-])cc1OCc1nc(C)no1. The smallest absolute Gasteiger partial charge is 0.283 e. The first-order chi connectivity index (χ1) is 10.0. The standard InChI is InChI=1S/C12H11N3O6/c1-7-13-12(21-14-7)6-20-11-4-9(15(17)18)8(5-16)3-10(11)19-2/h3-5H,6H2,1-2H3. The average Bonchev–Trinajstić information content (AvgIpc) is 2.89. The largest absolute Gasteiger partial charge is 0.493 e. The number of hydrogen-bond donors (Lipinski definition) is 0. The van der Waals surface area contributed by atoms with E-state index in [2.05, 4.69) is 10.1 Å². The molecule has 0 bridgehead atoms. The van der Waals surface area contributed by atoms with E-state index in [4.69, 9.17) is 14.0 Å². The van der Waals surface area contributed by atoms with Crippen molar-refractivity contribution in [2.45, 2.75) is 13.5 Å². The third kappa shape index (κ3) is 3.14. The Labute approximate surface area is 118 Å². The zero-order valence-corrected chi connectivity index (χ0v) is 11.2. The molecular formula is C12H11N3O6. The summed E-state index contributed by atoms with van der Waals surface area (Å²) < 4.78 is 15.3. The first-order valence-corrected chi connectivity index (χ1v) is 5.78. The van der Waals surface area contributed by atoms with Gasteiger partial charge in [0.15, 0.2) is 30.2 Å². The van der Waals surface area contributed by atoms with Gasteiger partial charge in [0.25, 0.3) is 11.6 Å². The topological polar surface area (TPSA) is 118 Å². The van der Waals surface area contributed by atoms with Gasteiger partial charge in [-0.15, -0.1) is 0 Å². The van der Waals surface area contributed by atoms with Gasteiger partial charge in [-0.2, -0.15) is 4.98 Å². The number of carbonyl (C=O) groups is 1. The molecule has 0 aliphatic heterocycles. The Bertz CT molecular complexity index is 682. The molecule has 0 aliphatic rings. The van der Waals surface area contributed by atoms with Crippen molar-refractivity contribution in [3.8, 4) is 11.5 Å². The second-order valence-electron chi connectivity index (χ2n) is 3.96. The molecule has 0 saturated carbocycles. The molecular weight excluding hydrogens is 282 g/mol. The molecule has 1 heterocycles. The Morgan fingerprint density at radius 1 is 1.43 bits per heavy atom. The van der Waals surface area contributed by atoms with Gasteiger partial charge in [-0.05, 0) is 6.92 Å². The van der Waals surface area contributed by atoms with Crippen LogP contribution in [0, 0.1) is 17.0 Å². The summed E-state index contributed by atoms with van der Waals surface area (Å²) in [4.78, 5) is 25.0. The predicted molar refractivity (Wildman–Crippen MR) is 68.4 cm³/mol. The van der Waals surface area contributed by atoms with E-state index in [1.165, 1.54) is 13.2 Å². The fourth-order valence-corrected chi connectivity index (χ4v) is 1.63. The lowest BCUT2D eigenvalue weighted by atomic mass is 10.1. The van der Waals surface area contributed by atoms with E-state index in [0.717, 1.165) is 6.07 Å². The van der Waals surface area contributed by atoms with Crippen molar-refractivity contribution in [3.05, 3.63) is 39.5 Å². The molecule has 2 rings (SSSR count). The Morgan fingerprint density at radius 2 is 2.19 bits per heavy atom. The van der Waals surface area contributed by atoms with Crippen LogP contribution in [0.1, 0.15) is 22.1 Å². The summed E-state index contributed by atoms with van der Waals surface area (Å²) in [5, 5.41) is 14.5. The van der Waals surface area contributed by atoms with Crippen molar-refractivity contribution >= 4 is 12.0 Å². The highest BCUT2D eigenvalue weighted by Gasteiger charge is 2.20. The molecule has 9 heteroatoms. The van der Waals surface area contributed by atoms with Crippen molar-refractivity contribution in [1.82, 2.24) is 10.1 Å². The fraction of sp³-hybridized carbons (Fsp3) is 0.250. The molecule has 0 unspecified atom stereocenters. The number of aromatic nitrogens is 2. The average molecular weight is 293 g/mol. The maximum absolute atomic E-state index is 10.9. The number of aryl methyl sites for hydroxylation is 1. The first-order valence-electron chi connectivity index (χ1n) is 5.78. The van der Waals surface area contributed by atoms with Crippen LogP contribution in [0.15, 0.2) is 16.7 Å². The van der Waals surface area contributed by atoms with Crippen LogP contribution >= 0.6 is 0 Å². The lowest BCUT2D eigenvalue weighted by molar-refractivity contribution is -0.385. The van der Waals surface area contributed by atoms with Crippen molar-refractivity contribution in [2.75, 3.05) is 7.11 Å². The van der Waals surface area contributed by atoms with Gasteiger partial charge in [-0.25, -0.2) is 0 Å². The highest BCUT2D eigenvalue weighted by atomic mass is 16.6. The zero-order valence-electron chi connectivity index (χ0n) is 11.2. The number of benzene rings is 1. The molecule has 9 nitrogen and oxygen atoms in total. The van der Waals surface area contributed by atoms with Gasteiger partial charge in [0, 0.05) is 6.07 Å². The minimum atomic E-state index is -0.674. The monoisotopic (exact) mass is 293 g/mol. The number of carbonyl (C=O) groups excluding carboxylic acids is 1. The molecule has 0 spiro atoms. The molecule has 110 valence electrons. The van der Waals surface area contributed by atoms with E-state index in [-0.39, 0.29) is 35.2 Å². The molecule has 0 fully saturated rings. The summed E-state index contributed by atoms with van der Waals surface area (Å²) in [5.74, 6) is 0.962. The number of rotatable bonds is 6. The lowest BCUT2D eigenvalue weighted by Gasteiger charge is -2.09. The second-order valence-corrected chi connectivity index (χ2v) is 3.96. The predicted octanol–water partition coefficient (Wildman–Crippen LogP) is 1.69. The van der Waals surface area contributed by atoms with Crippen molar-refractivity contribution < 1.29 is 23.7 Å². The van der Waals surface area contributed by atoms with Gasteiger partial charge in [0.05, 0.1) is 23.7 Å². The van der Waals surface area contributed by atoms with Crippen LogP contribution < -0.4 is 9.47 Å². The Kier molecular flexibility index (Phi) is 4.12. The first kappa shape index (κ1) is 14.4. The minimum Gasteiger partial charge on any atom is -0.493 e. The fourth-order valence-electron chi connectivity index (χ4n) is 1.63. The van der Waals surface area contributed by atoms with Gasteiger partial charge >= 0.3 is 0 Å². The molecule has 0 N–H and O–H groups in total. The summed E-state index contributed by atoms with van der Waals surface area (Å²) in [5.41, 5.74) is -0.472. The minimum absolute atomic E-state index is 0.0746. The number of methoxy groups -OCH3 is 1. The normalized spacial score (nSPS) is 10.2. The summed E-state index contributed by atoms with van der Waals surface area (Å²) in [6, 6.07) is 2.35. The van der Waals surface area contributed by atoms with E-state index >= 15 is 0 Å². The van der Waals surface area contributed by atoms with Crippen LogP contribution in [-0.2, 0) is 6.61 Å². The highest BCUT2D eigenvalue weighted by Crippen LogP contribution is 2.34. The molecule has 1 aromatic carbocycles. The number of nitro groups is 1. The van der Waals surface area contributed by atoms with Crippen molar-refractivity contribution in [3.63, 3.8) is 0 Å². The molecule has 1 aromatic heterocycles. The van der Waals surface area contributed by atoms with Crippen LogP contribution in [0.2, 0.25) is 0 Å². The molecule has 0 atom stereocenters. The molecule has 0 aliphatic carbocycles. The molecule has 0 radical (unpaired) electrons. The van der Waals surface area contributed by atoms with Gasteiger partial charge < -0.3 is 14.0 Å². The highest BCUT2D eigenvalue weighted by molar-refractivity contribution is 5.83. The second kappa shape index (κ2) is 5.99. The van der Waals surface area contributed by atoms with Crippen LogP contribution in [-0.4, -0.2) is 28.5 Å². The molecule has 0 amide bonds. The quantitative estimate of drug-likeness (QED) is 0.448. The summed E-state index contributed by atoms with van der Waals surface area (Å²) in [6.45, 7) is 1.58. The lowest BCUT2D eigenvalue weighted by Crippen LogP contribution is -2.01. The van der Waals surface area contributed by atoms with Crippen LogP contribution in [0.5, 0.6) is 11.5 Å². The van der Waals surface area contributed by atoms with Crippen molar-refractivity contribution in [1.29, 1.82) is 0 Å². The van der Waals surface area contributed by atoms with Gasteiger partial charge in [-0.3, -0.25) is 14.9 Å². The number of nitro benzene ring substituents is 1. The number of ether oxygens (including phenoxy) is 2. The summed E-state index contributed by atoms with van der Waals surface area (Å²) in [6.07, 6.45) is 0.381. The number of hydrogen-bond acceptors (Lipinski definition) is 8. The zero-order chi connectivity index (χ0) is 15.4. The maximum atomic E-state index is 10.9.